The van der Waals surface area contributed by atoms with Gasteiger partial charge in [0.05, 0.1) is 27.0 Å². The maximum atomic E-state index is 6.10. The molecule has 31 heavy (non-hydrogen) atoms. The molecule has 2 aromatic rings. The van der Waals surface area contributed by atoms with E-state index in [-0.39, 0.29) is 4.77 Å². The number of nitrogens with one attached hydrogen (secondary N) is 1. The van der Waals surface area contributed by atoms with E-state index in [1.807, 2.05) is 18.2 Å². The predicted molar refractivity (Wildman–Crippen MR) is 114 cm³/mol. The average Bonchev–Trinajstić information content (AvgIpc) is 3.13. The number of methoxy groups -OCH3 is 3. The van der Waals surface area contributed by atoms with E-state index in [2.05, 4.69) is 10.3 Å². The summed E-state index contributed by atoms with van der Waals surface area (Å²) in [6, 6.07) is 5.50. The number of benzene rings is 1. The highest BCUT2D eigenvalue weighted by atomic mass is 32.1. The highest BCUT2D eigenvalue weighted by Crippen LogP contribution is 2.46. The topological polar surface area (TPSA) is 111 Å². The van der Waals surface area contributed by atoms with Crippen LogP contribution in [0.25, 0.3) is 0 Å². The van der Waals surface area contributed by atoms with Crippen molar-refractivity contribution < 1.29 is 28.4 Å². The van der Waals surface area contributed by atoms with Crippen molar-refractivity contribution in [2.45, 2.75) is 12.3 Å². The van der Waals surface area contributed by atoms with Crippen LogP contribution in [-0.2, 0) is 18.9 Å². The quantitative estimate of drug-likeness (QED) is 0.499. The van der Waals surface area contributed by atoms with Crippen LogP contribution in [0.5, 0.6) is 17.2 Å². The molecule has 166 valence electrons. The molecule has 1 aromatic carbocycles. The zero-order valence-electron chi connectivity index (χ0n) is 17.4. The lowest BCUT2D eigenvalue weighted by atomic mass is 10.2. The number of hydrogen-bond acceptors (Lipinski definition) is 10. The van der Waals surface area contributed by atoms with Crippen molar-refractivity contribution in [3.8, 4) is 17.2 Å². The maximum Gasteiger partial charge on any atom is 0.204 e. The number of anilines is 2. The Hall–Kier alpha value is -2.86. The van der Waals surface area contributed by atoms with E-state index in [1.54, 1.807) is 32.1 Å². The molecule has 0 bridgehead atoms. The fraction of sp³-hybridized carbons (Fsp3) is 0.400. The standard InChI is InChI=1S/C20H24N4O6S/c1-25-10-14-16(26-2)17(27-3)19(30-14)24-9-13-18(23-20(24)31)22-15-11(28-8-7-21)5-4-6-12(15)29-13/h4-6,9,14,19H,7-8,10,21H2,1-3H3,(H,22,23,31)/t14-,19-/m1/s1. The van der Waals surface area contributed by atoms with E-state index >= 15 is 0 Å². The summed E-state index contributed by atoms with van der Waals surface area (Å²) < 4.78 is 36.1. The van der Waals surface area contributed by atoms with Crippen LogP contribution < -0.4 is 20.5 Å². The second-order valence-corrected chi connectivity index (χ2v) is 7.07. The summed E-state index contributed by atoms with van der Waals surface area (Å²) in [7, 11) is 4.69. The van der Waals surface area contributed by atoms with Crippen molar-refractivity contribution in [1.82, 2.24) is 9.55 Å². The van der Waals surface area contributed by atoms with Gasteiger partial charge in [-0.3, -0.25) is 4.57 Å². The van der Waals surface area contributed by atoms with Gasteiger partial charge in [0, 0.05) is 13.7 Å². The summed E-state index contributed by atoms with van der Waals surface area (Å²) in [6.45, 7) is 1.09. The Morgan fingerprint density at radius 2 is 2.00 bits per heavy atom. The van der Waals surface area contributed by atoms with E-state index in [0.717, 1.165) is 0 Å². The molecule has 10 nitrogen and oxygen atoms in total. The Morgan fingerprint density at radius 3 is 2.71 bits per heavy atom. The fourth-order valence-corrected chi connectivity index (χ4v) is 3.72. The Kier molecular flexibility index (Phi) is 6.28. The Morgan fingerprint density at radius 1 is 1.19 bits per heavy atom. The normalized spacial score (nSPS) is 19.2. The minimum atomic E-state index is -0.672. The minimum absolute atomic E-state index is 0.270. The van der Waals surface area contributed by atoms with Crippen LogP contribution >= 0.6 is 12.2 Å². The Bertz CT molecular complexity index is 1060. The first-order valence-electron chi connectivity index (χ1n) is 9.61. The van der Waals surface area contributed by atoms with Gasteiger partial charge in [-0.25, -0.2) is 0 Å². The van der Waals surface area contributed by atoms with Crippen molar-refractivity contribution >= 4 is 23.7 Å². The van der Waals surface area contributed by atoms with Gasteiger partial charge in [0.2, 0.25) is 4.77 Å². The molecular formula is C20H24N4O6S. The third-order valence-corrected chi connectivity index (χ3v) is 5.11. The molecule has 0 spiro atoms. The smallest absolute Gasteiger partial charge is 0.204 e. The van der Waals surface area contributed by atoms with Gasteiger partial charge >= 0.3 is 0 Å². The van der Waals surface area contributed by atoms with E-state index in [4.69, 9.17) is 46.4 Å². The molecule has 0 fully saturated rings. The van der Waals surface area contributed by atoms with Crippen LogP contribution in [0.1, 0.15) is 6.23 Å². The summed E-state index contributed by atoms with van der Waals surface area (Å²) >= 11 is 5.53. The molecule has 0 unspecified atom stereocenters. The number of hydrogen-bond donors (Lipinski definition) is 2. The van der Waals surface area contributed by atoms with E-state index in [9.17, 15) is 0 Å². The highest BCUT2D eigenvalue weighted by molar-refractivity contribution is 7.71. The Labute approximate surface area is 184 Å². The first-order chi connectivity index (χ1) is 15.1. The number of aromatic nitrogens is 2. The predicted octanol–water partition coefficient (Wildman–Crippen LogP) is 2.85. The number of nitrogens with zero attached hydrogens (tertiary/aromatic N) is 2. The van der Waals surface area contributed by atoms with Gasteiger partial charge in [-0.05, 0) is 24.4 Å². The van der Waals surface area contributed by atoms with Gasteiger partial charge < -0.3 is 39.5 Å². The molecule has 11 heteroatoms. The second kappa shape index (κ2) is 9.10. The summed E-state index contributed by atoms with van der Waals surface area (Å²) in [6.07, 6.45) is 0.615. The maximum absolute atomic E-state index is 6.10. The van der Waals surface area contributed by atoms with Gasteiger partial charge in [-0.15, -0.1) is 0 Å². The van der Waals surface area contributed by atoms with Gasteiger partial charge in [0.15, 0.2) is 35.1 Å². The van der Waals surface area contributed by atoms with E-state index in [0.29, 0.717) is 60.0 Å². The SMILES string of the molecule is COC[C@H]1O[C@@H](n2cc3c(nc2=S)Nc2c(OCCN)cccc2O3)C(OC)=C1OC. The zero-order valence-corrected chi connectivity index (χ0v) is 18.2. The third kappa shape index (κ3) is 3.92. The van der Waals surface area contributed by atoms with Gasteiger partial charge in [-0.2, -0.15) is 4.98 Å². The Balaban J connectivity index is 1.69. The van der Waals surface area contributed by atoms with Crippen LogP contribution in [0.3, 0.4) is 0 Å². The first kappa shape index (κ1) is 21.4. The van der Waals surface area contributed by atoms with Crippen LogP contribution in [0.2, 0.25) is 0 Å². The van der Waals surface area contributed by atoms with Gasteiger partial charge in [-0.1, -0.05) is 6.07 Å². The summed E-state index contributed by atoms with van der Waals surface area (Å²) in [4.78, 5) is 4.50. The summed E-state index contributed by atoms with van der Waals surface area (Å²) in [5, 5.41) is 3.24. The van der Waals surface area contributed by atoms with Crippen LogP contribution in [0, 0.1) is 4.77 Å². The zero-order chi connectivity index (χ0) is 22.0. The number of ether oxygens (including phenoxy) is 6. The highest BCUT2D eigenvalue weighted by Gasteiger charge is 2.39. The molecule has 2 aliphatic heterocycles. The molecule has 0 saturated carbocycles. The molecule has 3 heterocycles. The van der Waals surface area contributed by atoms with Crippen molar-refractivity contribution in [1.29, 1.82) is 0 Å². The largest absolute Gasteiger partial charge is 0.495 e. The number of fused-ring (bicyclic) bond motifs is 2. The van der Waals surface area contributed by atoms with Gasteiger partial charge in [0.1, 0.15) is 24.1 Å². The fourth-order valence-electron chi connectivity index (χ4n) is 3.48. The van der Waals surface area contributed by atoms with Crippen molar-refractivity contribution in [2.75, 3.05) is 46.4 Å². The molecular weight excluding hydrogens is 424 g/mol. The number of rotatable bonds is 8. The third-order valence-electron chi connectivity index (χ3n) is 4.81. The molecule has 0 aliphatic carbocycles. The molecule has 4 rings (SSSR count). The number of para-hydroxylation sites is 1. The van der Waals surface area contributed by atoms with Crippen LogP contribution in [-0.4, -0.2) is 56.7 Å². The molecule has 1 aromatic heterocycles. The van der Waals surface area contributed by atoms with E-state index < -0.39 is 12.3 Å². The summed E-state index contributed by atoms with van der Waals surface area (Å²) in [5.41, 5.74) is 6.21. The molecule has 3 N–H and O–H groups in total. The molecule has 0 saturated heterocycles. The van der Waals surface area contributed by atoms with Crippen LogP contribution in [0.15, 0.2) is 35.9 Å². The second-order valence-electron chi connectivity index (χ2n) is 6.71. The molecule has 2 aliphatic rings. The number of nitrogens with two attached hydrogens (primary N) is 1. The lowest BCUT2D eigenvalue weighted by molar-refractivity contribution is -0.0483. The van der Waals surface area contributed by atoms with E-state index in [1.165, 1.54) is 0 Å². The van der Waals surface area contributed by atoms with Gasteiger partial charge in [0.25, 0.3) is 0 Å². The molecule has 0 amide bonds. The lowest BCUT2D eigenvalue weighted by Crippen LogP contribution is -2.21. The van der Waals surface area contributed by atoms with Crippen molar-refractivity contribution in [2.24, 2.45) is 5.73 Å². The monoisotopic (exact) mass is 448 g/mol. The lowest BCUT2D eigenvalue weighted by Gasteiger charge is -2.25. The minimum Gasteiger partial charge on any atom is -0.495 e. The summed E-state index contributed by atoms with van der Waals surface area (Å²) in [5.74, 6) is 3.19. The molecule has 0 radical (unpaired) electrons. The average molecular weight is 449 g/mol. The van der Waals surface area contributed by atoms with Crippen molar-refractivity contribution in [3.63, 3.8) is 0 Å². The first-order valence-corrected chi connectivity index (χ1v) is 10.0. The molecule has 2 atom stereocenters. The van der Waals surface area contributed by atoms with Crippen LogP contribution in [0.4, 0.5) is 11.5 Å². The van der Waals surface area contributed by atoms with Crippen molar-refractivity contribution in [3.05, 3.63) is 40.7 Å².